The van der Waals surface area contributed by atoms with E-state index in [1.807, 2.05) is 61.5 Å². The molecule has 0 aliphatic carbocycles. The molecule has 0 spiro atoms. The van der Waals surface area contributed by atoms with Crippen LogP contribution in [0.1, 0.15) is 22.8 Å². The van der Waals surface area contributed by atoms with E-state index in [4.69, 9.17) is 0 Å². The van der Waals surface area contributed by atoms with Crippen LogP contribution in [-0.2, 0) is 0 Å². The number of aliphatic hydroxyl groups is 1. The van der Waals surface area contributed by atoms with Crippen LogP contribution in [0.5, 0.6) is 0 Å². The Labute approximate surface area is 90.0 Å². The van der Waals surface area contributed by atoms with Gasteiger partial charge in [0, 0.05) is 0 Å². The number of rotatable bonds is 2. The predicted octanol–water partition coefficient (Wildman–Crippen LogP) is 3.08. The summed E-state index contributed by atoms with van der Waals surface area (Å²) in [5.41, 5.74) is 3.03. The van der Waals surface area contributed by atoms with E-state index in [0.717, 1.165) is 16.7 Å². The molecule has 0 saturated carbocycles. The van der Waals surface area contributed by atoms with E-state index in [-0.39, 0.29) is 0 Å². The Bertz CT molecular complexity index is 434. The Kier molecular flexibility index (Phi) is 2.84. The summed E-state index contributed by atoms with van der Waals surface area (Å²) in [6.07, 6.45) is -0.521. The van der Waals surface area contributed by atoms with E-state index in [2.05, 4.69) is 0 Å². The fourth-order valence-electron chi connectivity index (χ4n) is 1.71. The summed E-state index contributed by atoms with van der Waals surface area (Å²) in [6, 6.07) is 17.6. The first-order chi connectivity index (χ1) is 7.29. The molecule has 0 aliphatic heterocycles. The summed E-state index contributed by atoms with van der Waals surface area (Å²) in [4.78, 5) is 0. The van der Waals surface area contributed by atoms with E-state index in [0.29, 0.717) is 0 Å². The van der Waals surface area contributed by atoms with Crippen LogP contribution in [0.2, 0.25) is 0 Å². The second-order valence-electron chi connectivity index (χ2n) is 3.67. The van der Waals surface area contributed by atoms with Gasteiger partial charge in [-0.2, -0.15) is 0 Å². The number of aliphatic hydroxyl groups excluding tert-OH is 1. The van der Waals surface area contributed by atoms with Gasteiger partial charge < -0.3 is 5.11 Å². The lowest BCUT2D eigenvalue weighted by Gasteiger charge is -2.13. The van der Waals surface area contributed by atoms with Crippen molar-refractivity contribution in [3.8, 4) is 0 Å². The Hall–Kier alpha value is -1.60. The summed E-state index contributed by atoms with van der Waals surface area (Å²) >= 11 is 0. The maximum atomic E-state index is 10.2. The molecule has 0 bridgehead atoms. The van der Waals surface area contributed by atoms with Crippen LogP contribution in [0.25, 0.3) is 0 Å². The van der Waals surface area contributed by atoms with Gasteiger partial charge in [0.15, 0.2) is 0 Å². The lowest BCUT2D eigenvalue weighted by Crippen LogP contribution is -2.01. The van der Waals surface area contributed by atoms with Crippen molar-refractivity contribution < 1.29 is 5.11 Å². The zero-order valence-electron chi connectivity index (χ0n) is 8.72. The smallest absolute Gasteiger partial charge is 0.104 e. The summed E-state index contributed by atoms with van der Waals surface area (Å²) in [5.74, 6) is 0. The fraction of sp³-hybridized carbons (Fsp3) is 0.143. The first-order valence-electron chi connectivity index (χ1n) is 5.07. The van der Waals surface area contributed by atoms with Crippen molar-refractivity contribution in [3.63, 3.8) is 0 Å². The Morgan fingerprint density at radius 3 is 2.13 bits per heavy atom. The molecule has 2 aromatic rings. The van der Waals surface area contributed by atoms with Crippen LogP contribution in [0, 0.1) is 6.92 Å². The minimum absolute atomic E-state index is 0.521. The quantitative estimate of drug-likeness (QED) is 0.786. The van der Waals surface area contributed by atoms with Gasteiger partial charge in [0.25, 0.3) is 0 Å². The van der Waals surface area contributed by atoms with Crippen molar-refractivity contribution in [1.29, 1.82) is 0 Å². The van der Waals surface area contributed by atoms with E-state index in [1.54, 1.807) is 0 Å². The van der Waals surface area contributed by atoms with Crippen LogP contribution in [0.4, 0.5) is 0 Å². The molecule has 0 unspecified atom stereocenters. The van der Waals surface area contributed by atoms with Gasteiger partial charge in [-0.1, -0.05) is 54.6 Å². The highest BCUT2D eigenvalue weighted by Gasteiger charge is 2.10. The van der Waals surface area contributed by atoms with Crippen molar-refractivity contribution in [3.05, 3.63) is 71.3 Å². The normalized spacial score (nSPS) is 12.4. The molecule has 1 N–H and O–H groups in total. The minimum atomic E-state index is -0.521. The highest BCUT2D eigenvalue weighted by Crippen LogP contribution is 2.23. The van der Waals surface area contributed by atoms with E-state index in [1.165, 1.54) is 0 Å². The number of hydrogen-bond acceptors (Lipinski definition) is 1. The van der Waals surface area contributed by atoms with Crippen molar-refractivity contribution >= 4 is 0 Å². The highest BCUT2D eigenvalue weighted by atomic mass is 16.3. The molecule has 0 amide bonds. The Balaban J connectivity index is 2.37. The third kappa shape index (κ3) is 2.08. The molecule has 0 radical (unpaired) electrons. The van der Waals surface area contributed by atoms with Crippen LogP contribution in [0.3, 0.4) is 0 Å². The van der Waals surface area contributed by atoms with Gasteiger partial charge in [0.05, 0.1) is 0 Å². The molecule has 0 aliphatic rings. The van der Waals surface area contributed by atoms with Gasteiger partial charge in [-0.05, 0) is 23.6 Å². The lowest BCUT2D eigenvalue weighted by atomic mass is 9.98. The van der Waals surface area contributed by atoms with Crippen molar-refractivity contribution in [2.75, 3.05) is 0 Å². The molecule has 1 nitrogen and oxygen atoms in total. The monoisotopic (exact) mass is 198 g/mol. The second kappa shape index (κ2) is 4.28. The number of hydrogen-bond donors (Lipinski definition) is 1. The largest absolute Gasteiger partial charge is 0.384 e. The molecule has 0 heterocycles. The van der Waals surface area contributed by atoms with Gasteiger partial charge >= 0.3 is 0 Å². The maximum absolute atomic E-state index is 10.2. The molecule has 0 aromatic heterocycles. The van der Waals surface area contributed by atoms with Crippen molar-refractivity contribution in [2.45, 2.75) is 13.0 Å². The summed E-state index contributed by atoms with van der Waals surface area (Å²) < 4.78 is 0. The minimum Gasteiger partial charge on any atom is -0.384 e. The van der Waals surface area contributed by atoms with Crippen LogP contribution in [-0.4, -0.2) is 5.11 Å². The van der Waals surface area contributed by atoms with Gasteiger partial charge in [0.2, 0.25) is 0 Å². The van der Waals surface area contributed by atoms with Crippen molar-refractivity contribution in [1.82, 2.24) is 0 Å². The Morgan fingerprint density at radius 2 is 1.47 bits per heavy atom. The Morgan fingerprint density at radius 1 is 0.867 bits per heavy atom. The van der Waals surface area contributed by atoms with Gasteiger partial charge in [-0.25, -0.2) is 0 Å². The van der Waals surface area contributed by atoms with E-state index >= 15 is 0 Å². The number of aryl methyl sites for hydroxylation is 1. The summed E-state index contributed by atoms with van der Waals surface area (Å²) in [7, 11) is 0. The molecule has 15 heavy (non-hydrogen) atoms. The molecule has 0 fully saturated rings. The first kappa shape index (κ1) is 9.94. The molecular formula is C14H14O. The molecule has 0 saturated heterocycles. The van der Waals surface area contributed by atoms with Gasteiger partial charge in [-0.15, -0.1) is 0 Å². The van der Waals surface area contributed by atoms with Gasteiger partial charge in [-0.3, -0.25) is 0 Å². The van der Waals surface area contributed by atoms with Crippen molar-refractivity contribution in [2.24, 2.45) is 0 Å². The highest BCUT2D eigenvalue weighted by molar-refractivity contribution is 5.34. The zero-order chi connectivity index (χ0) is 10.7. The maximum Gasteiger partial charge on any atom is 0.104 e. The summed E-state index contributed by atoms with van der Waals surface area (Å²) in [6.45, 7) is 2.02. The lowest BCUT2D eigenvalue weighted by molar-refractivity contribution is 0.219. The van der Waals surface area contributed by atoms with Crippen LogP contribution in [0.15, 0.2) is 54.6 Å². The third-order valence-corrected chi connectivity index (χ3v) is 2.60. The SMILES string of the molecule is Cc1ccccc1[C@H](O)c1ccccc1. The summed E-state index contributed by atoms with van der Waals surface area (Å²) in [5, 5.41) is 10.2. The topological polar surface area (TPSA) is 20.2 Å². The van der Waals surface area contributed by atoms with E-state index in [9.17, 15) is 5.11 Å². The second-order valence-corrected chi connectivity index (χ2v) is 3.67. The molecule has 2 aromatic carbocycles. The van der Waals surface area contributed by atoms with Gasteiger partial charge in [0.1, 0.15) is 6.10 Å². The van der Waals surface area contributed by atoms with Crippen LogP contribution >= 0.6 is 0 Å². The molecular weight excluding hydrogens is 184 g/mol. The average Bonchev–Trinajstić information content (AvgIpc) is 2.30. The fourth-order valence-corrected chi connectivity index (χ4v) is 1.71. The predicted molar refractivity (Wildman–Crippen MR) is 61.7 cm³/mol. The molecule has 1 atom stereocenters. The van der Waals surface area contributed by atoms with Crippen LogP contribution < -0.4 is 0 Å². The third-order valence-electron chi connectivity index (χ3n) is 2.60. The standard InChI is InChI=1S/C14H14O/c1-11-7-5-6-10-13(11)14(15)12-8-3-2-4-9-12/h2-10,14-15H,1H3/t14-/m1/s1. The first-order valence-corrected chi connectivity index (χ1v) is 5.07. The average molecular weight is 198 g/mol. The molecule has 76 valence electrons. The molecule has 2 rings (SSSR count). The molecule has 1 heteroatoms. The van der Waals surface area contributed by atoms with E-state index < -0.39 is 6.10 Å². The zero-order valence-corrected chi connectivity index (χ0v) is 8.72. The number of benzene rings is 2.